The monoisotopic (exact) mass is 433 g/mol. The molecule has 0 unspecified atom stereocenters. The first-order valence-electron chi connectivity index (χ1n) is 10.2. The molecule has 0 spiro atoms. The lowest BCUT2D eigenvalue weighted by Crippen LogP contribution is -2.43. The van der Waals surface area contributed by atoms with Gasteiger partial charge < -0.3 is 20.1 Å². The lowest BCUT2D eigenvalue weighted by Gasteiger charge is -2.34. The molecular formula is C22H25F2N3O4. The van der Waals surface area contributed by atoms with Gasteiger partial charge in [0.05, 0.1) is 12.2 Å². The number of carboxylic acids is 1. The molecule has 2 atom stereocenters. The predicted octanol–water partition coefficient (Wildman–Crippen LogP) is 3.13. The molecule has 1 saturated heterocycles. The second kappa shape index (κ2) is 9.82. The molecule has 0 saturated carbocycles. The third-order valence-electron chi connectivity index (χ3n) is 5.33. The molecule has 3 N–H and O–H groups in total. The number of halogens is 2. The first-order valence-corrected chi connectivity index (χ1v) is 10.2. The zero-order chi connectivity index (χ0) is 22.4. The number of aliphatic hydroxyl groups is 1. The van der Waals surface area contributed by atoms with Crippen molar-refractivity contribution in [3.63, 3.8) is 0 Å². The van der Waals surface area contributed by atoms with Gasteiger partial charge in [-0.05, 0) is 19.3 Å². The van der Waals surface area contributed by atoms with E-state index < -0.39 is 18.0 Å². The number of carbonyl (C=O) groups is 2. The van der Waals surface area contributed by atoms with E-state index in [4.69, 9.17) is 5.11 Å². The Kier molecular flexibility index (Phi) is 7.17. The molecule has 1 aromatic carbocycles. The number of piperidine rings is 1. The minimum atomic E-state index is -3.44. The number of aromatic nitrogens is 2. The number of rotatable bonds is 9. The Morgan fingerprint density at radius 1 is 1.35 bits per heavy atom. The van der Waals surface area contributed by atoms with Crippen molar-refractivity contribution in [2.75, 3.05) is 6.54 Å². The summed E-state index contributed by atoms with van der Waals surface area (Å²) in [6.45, 7) is 0.377. The van der Waals surface area contributed by atoms with E-state index in [0.717, 1.165) is 6.08 Å². The fourth-order valence-corrected chi connectivity index (χ4v) is 3.64. The average molecular weight is 433 g/mol. The average Bonchev–Trinajstić information content (AvgIpc) is 3.23. The number of hydrogen-bond acceptors (Lipinski definition) is 4. The van der Waals surface area contributed by atoms with Crippen LogP contribution in [0.4, 0.5) is 8.78 Å². The summed E-state index contributed by atoms with van der Waals surface area (Å²) in [7, 11) is 0. The van der Waals surface area contributed by atoms with Crippen molar-refractivity contribution in [1.29, 1.82) is 0 Å². The molecule has 9 heteroatoms. The van der Waals surface area contributed by atoms with Gasteiger partial charge in [-0.2, -0.15) is 8.78 Å². The maximum atomic E-state index is 14.5. The second-order valence-corrected chi connectivity index (χ2v) is 7.52. The minimum Gasteiger partial charge on any atom is -0.477 e. The number of nitrogens with zero attached hydrogens (tertiary/aromatic N) is 2. The topological polar surface area (TPSA) is 107 Å². The summed E-state index contributed by atoms with van der Waals surface area (Å²) in [6, 6.07) is 6.74. The summed E-state index contributed by atoms with van der Waals surface area (Å²) in [5.74, 6) is -4.11. The van der Waals surface area contributed by atoms with E-state index in [1.807, 2.05) is 0 Å². The molecule has 2 heterocycles. The van der Waals surface area contributed by atoms with E-state index in [0.29, 0.717) is 44.5 Å². The standard InChI is InChI=1S/C22H25F2N3O4/c23-22(24,15-6-2-1-3-7-15)18(28)12-11-16-8-4-10-20(29)27(16)13-5-9-19-25-14-17(26-19)21(30)31/h1-3,6-7,11-12,14,16,18,28H,4-5,8-10,13H2,(H,25,26)(H,30,31)/t16-,18-/m1/s1. The molecule has 1 aliphatic rings. The van der Waals surface area contributed by atoms with E-state index in [1.54, 1.807) is 11.0 Å². The number of H-pyrrole nitrogens is 1. The molecule has 1 aliphatic heterocycles. The summed E-state index contributed by atoms with van der Waals surface area (Å²) >= 11 is 0. The van der Waals surface area contributed by atoms with Crippen LogP contribution in [-0.4, -0.2) is 55.6 Å². The van der Waals surface area contributed by atoms with Gasteiger partial charge in [0, 0.05) is 24.9 Å². The number of hydrogen-bond donors (Lipinski definition) is 3. The number of aliphatic hydroxyl groups excluding tert-OH is 1. The summed E-state index contributed by atoms with van der Waals surface area (Å²) in [5, 5.41) is 19.0. The maximum Gasteiger partial charge on any atom is 0.353 e. The molecular weight excluding hydrogens is 408 g/mol. The third kappa shape index (κ3) is 5.55. The molecule has 1 fully saturated rings. The Bertz CT molecular complexity index is 930. The van der Waals surface area contributed by atoms with Gasteiger partial charge in [-0.25, -0.2) is 9.78 Å². The van der Waals surface area contributed by atoms with Crippen molar-refractivity contribution in [3.05, 3.63) is 65.8 Å². The van der Waals surface area contributed by atoms with Crippen molar-refractivity contribution in [1.82, 2.24) is 14.9 Å². The number of amides is 1. The van der Waals surface area contributed by atoms with Crippen LogP contribution in [0.5, 0.6) is 0 Å². The molecule has 166 valence electrons. The zero-order valence-electron chi connectivity index (χ0n) is 16.9. The van der Waals surface area contributed by atoms with Gasteiger partial charge in [0.2, 0.25) is 5.91 Å². The Hall–Kier alpha value is -3.07. The van der Waals surface area contributed by atoms with E-state index in [2.05, 4.69) is 9.97 Å². The van der Waals surface area contributed by atoms with Gasteiger partial charge in [0.25, 0.3) is 0 Å². The molecule has 0 bridgehead atoms. The highest BCUT2D eigenvalue weighted by molar-refractivity contribution is 5.85. The van der Waals surface area contributed by atoms with Crippen molar-refractivity contribution in [2.24, 2.45) is 0 Å². The van der Waals surface area contributed by atoms with Gasteiger partial charge in [-0.15, -0.1) is 0 Å². The molecule has 7 nitrogen and oxygen atoms in total. The third-order valence-corrected chi connectivity index (χ3v) is 5.33. The number of aromatic carboxylic acids is 1. The number of carbonyl (C=O) groups excluding carboxylic acids is 1. The minimum absolute atomic E-state index is 0.00168. The molecule has 2 aromatic rings. The number of carboxylic acid groups (broad SMARTS) is 1. The molecule has 0 radical (unpaired) electrons. The van der Waals surface area contributed by atoms with Crippen LogP contribution in [-0.2, 0) is 17.1 Å². The Labute approximate surface area is 178 Å². The fraction of sp³-hybridized carbons (Fsp3) is 0.409. The number of imidazole rings is 1. The van der Waals surface area contributed by atoms with Crippen LogP contribution in [0.3, 0.4) is 0 Å². The fourth-order valence-electron chi connectivity index (χ4n) is 3.64. The van der Waals surface area contributed by atoms with Crippen LogP contribution < -0.4 is 0 Å². The number of likely N-dealkylation sites (tertiary alicyclic amines) is 1. The normalized spacial score (nSPS) is 18.5. The SMILES string of the molecule is O=C(O)c1cnc(CCCN2C(=O)CCC[C@@H]2C=C[C@@H](O)C(F)(F)c2ccccc2)[nH]1. The van der Waals surface area contributed by atoms with Crippen LogP contribution in [0.2, 0.25) is 0 Å². The van der Waals surface area contributed by atoms with Crippen molar-refractivity contribution in [3.8, 4) is 0 Å². The van der Waals surface area contributed by atoms with E-state index in [1.165, 1.54) is 36.5 Å². The predicted molar refractivity (Wildman–Crippen MR) is 109 cm³/mol. The van der Waals surface area contributed by atoms with Crippen LogP contribution in [0, 0.1) is 0 Å². The number of aromatic amines is 1. The highest BCUT2D eigenvalue weighted by Crippen LogP contribution is 2.32. The van der Waals surface area contributed by atoms with Gasteiger partial charge in [0.15, 0.2) is 0 Å². The molecule has 31 heavy (non-hydrogen) atoms. The van der Waals surface area contributed by atoms with Gasteiger partial charge in [-0.1, -0.05) is 42.5 Å². The van der Waals surface area contributed by atoms with Gasteiger partial charge >= 0.3 is 11.9 Å². The first-order chi connectivity index (χ1) is 14.8. The summed E-state index contributed by atoms with van der Waals surface area (Å²) in [6.07, 6.45) is 4.41. The first kappa shape index (κ1) is 22.6. The molecule has 3 rings (SSSR count). The summed E-state index contributed by atoms with van der Waals surface area (Å²) < 4.78 is 29.0. The largest absolute Gasteiger partial charge is 0.477 e. The van der Waals surface area contributed by atoms with Crippen molar-refractivity contribution < 1.29 is 28.6 Å². The zero-order valence-corrected chi connectivity index (χ0v) is 16.9. The lowest BCUT2D eigenvalue weighted by molar-refractivity contribution is -0.135. The molecule has 1 aromatic heterocycles. The van der Waals surface area contributed by atoms with E-state index >= 15 is 0 Å². The Morgan fingerprint density at radius 3 is 2.77 bits per heavy atom. The smallest absolute Gasteiger partial charge is 0.353 e. The number of aryl methyl sites for hydroxylation is 1. The summed E-state index contributed by atoms with van der Waals surface area (Å²) in [4.78, 5) is 31.6. The molecule has 1 amide bonds. The quantitative estimate of drug-likeness (QED) is 0.527. The maximum absolute atomic E-state index is 14.5. The van der Waals surface area contributed by atoms with Crippen LogP contribution in [0.15, 0.2) is 48.7 Å². The van der Waals surface area contributed by atoms with E-state index in [9.17, 15) is 23.5 Å². The van der Waals surface area contributed by atoms with Crippen LogP contribution >= 0.6 is 0 Å². The molecule has 0 aliphatic carbocycles. The Balaban J connectivity index is 1.61. The van der Waals surface area contributed by atoms with Crippen molar-refractivity contribution >= 4 is 11.9 Å². The lowest BCUT2D eigenvalue weighted by atomic mass is 9.98. The number of alkyl halides is 2. The van der Waals surface area contributed by atoms with Crippen LogP contribution in [0.25, 0.3) is 0 Å². The highest BCUT2D eigenvalue weighted by Gasteiger charge is 2.39. The summed E-state index contributed by atoms with van der Waals surface area (Å²) in [5.41, 5.74) is -0.277. The van der Waals surface area contributed by atoms with Crippen molar-refractivity contribution in [2.45, 2.75) is 50.2 Å². The van der Waals surface area contributed by atoms with Crippen LogP contribution in [0.1, 0.15) is 47.6 Å². The van der Waals surface area contributed by atoms with E-state index in [-0.39, 0.29) is 23.2 Å². The highest BCUT2D eigenvalue weighted by atomic mass is 19.3. The van der Waals surface area contributed by atoms with Gasteiger partial charge in [0.1, 0.15) is 17.6 Å². The second-order valence-electron chi connectivity index (χ2n) is 7.52. The number of benzene rings is 1. The number of nitrogens with one attached hydrogen (secondary N) is 1. The van der Waals surface area contributed by atoms with Gasteiger partial charge in [-0.3, -0.25) is 4.79 Å². The Morgan fingerprint density at radius 2 is 2.10 bits per heavy atom.